The van der Waals surface area contributed by atoms with Crippen LogP contribution in [0.2, 0.25) is 0 Å². The molecule has 0 saturated carbocycles. The van der Waals surface area contributed by atoms with E-state index in [0.29, 0.717) is 24.3 Å². The molecule has 7 nitrogen and oxygen atoms in total. The molecular weight excluding hydrogens is 380 g/mol. The summed E-state index contributed by atoms with van der Waals surface area (Å²) in [5.41, 5.74) is 1.97. The van der Waals surface area contributed by atoms with Gasteiger partial charge in [-0.25, -0.2) is 0 Å². The molecule has 2 aromatic rings. The van der Waals surface area contributed by atoms with Crippen LogP contribution in [0.4, 0.5) is 0 Å². The Kier molecular flexibility index (Phi) is 7.54. The van der Waals surface area contributed by atoms with Crippen LogP contribution in [-0.4, -0.2) is 47.2 Å². The molecule has 0 spiro atoms. The minimum atomic E-state index is -0.367. The maximum Gasteiger partial charge on any atom is 0.253 e. The number of rotatable bonds is 4. The first-order chi connectivity index (χ1) is 14.6. The molecular formula is C23H28N4O3. The van der Waals surface area contributed by atoms with Gasteiger partial charge in [-0.2, -0.15) is 0 Å². The molecule has 3 amide bonds. The van der Waals surface area contributed by atoms with Gasteiger partial charge in [0.05, 0.1) is 24.6 Å². The van der Waals surface area contributed by atoms with Gasteiger partial charge in [-0.3, -0.25) is 19.4 Å². The van der Waals surface area contributed by atoms with E-state index in [9.17, 15) is 14.4 Å². The van der Waals surface area contributed by atoms with Crippen molar-refractivity contribution in [3.05, 3.63) is 65.5 Å². The smallest absolute Gasteiger partial charge is 0.253 e. The zero-order valence-electron chi connectivity index (χ0n) is 17.3. The molecule has 158 valence electrons. The third kappa shape index (κ3) is 5.65. The SMILES string of the molecule is Cc1ncccc1C(=O)NCC(=O)N1CCCCCNC(=O)CC1c1ccccc1. The summed E-state index contributed by atoms with van der Waals surface area (Å²) in [5.74, 6) is -0.602. The number of nitrogens with zero attached hydrogens (tertiary/aromatic N) is 2. The first-order valence-corrected chi connectivity index (χ1v) is 10.4. The number of hydrogen-bond donors (Lipinski definition) is 2. The van der Waals surface area contributed by atoms with E-state index < -0.39 is 0 Å². The van der Waals surface area contributed by atoms with E-state index in [2.05, 4.69) is 15.6 Å². The highest BCUT2D eigenvalue weighted by Crippen LogP contribution is 2.26. The lowest BCUT2D eigenvalue weighted by atomic mass is 10.00. The molecule has 0 aliphatic carbocycles. The van der Waals surface area contributed by atoms with Gasteiger partial charge in [0.15, 0.2) is 0 Å². The summed E-state index contributed by atoms with van der Waals surface area (Å²) < 4.78 is 0. The van der Waals surface area contributed by atoms with Crippen molar-refractivity contribution in [3.63, 3.8) is 0 Å². The number of aromatic nitrogens is 1. The summed E-state index contributed by atoms with van der Waals surface area (Å²) in [6.07, 6.45) is 4.48. The predicted molar refractivity (Wildman–Crippen MR) is 114 cm³/mol. The summed E-state index contributed by atoms with van der Waals surface area (Å²) in [5, 5.41) is 5.65. The Labute approximate surface area is 176 Å². The van der Waals surface area contributed by atoms with Crippen molar-refractivity contribution in [1.82, 2.24) is 20.5 Å². The number of aryl methyl sites for hydroxylation is 1. The molecule has 2 N–H and O–H groups in total. The minimum absolute atomic E-state index is 0.0708. The van der Waals surface area contributed by atoms with Gasteiger partial charge in [-0.1, -0.05) is 30.3 Å². The van der Waals surface area contributed by atoms with Gasteiger partial charge >= 0.3 is 0 Å². The third-order valence-corrected chi connectivity index (χ3v) is 5.31. The van der Waals surface area contributed by atoms with Gasteiger partial charge < -0.3 is 15.5 Å². The molecule has 30 heavy (non-hydrogen) atoms. The lowest BCUT2D eigenvalue weighted by Crippen LogP contribution is -2.44. The third-order valence-electron chi connectivity index (χ3n) is 5.31. The largest absolute Gasteiger partial charge is 0.356 e. The van der Waals surface area contributed by atoms with Gasteiger partial charge in [0.1, 0.15) is 0 Å². The standard InChI is InChI=1S/C23H28N4O3/c1-17-19(11-8-13-24-17)23(30)26-16-22(29)27-14-7-3-6-12-25-21(28)15-20(27)18-9-4-2-5-10-18/h2,4-5,8-11,13,20H,3,6-7,12,14-16H2,1H3,(H,25,28)(H,26,30). The van der Waals surface area contributed by atoms with Gasteiger partial charge in [0.25, 0.3) is 5.91 Å². The van der Waals surface area contributed by atoms with E-state index >= 15 is 0 Å². The minimum Gasteiger partial charge on any atom is -0.356 e. The molecule has 1 aliphatic rings. The lowest BCUT2D eigenvalue weighted by Gasteiger charge is -2.33. The van der Waals surface area contributed by atoms with Gasteiger partial charge in [-0.05, 0) is 43.9 Å². The van der Waals surface area contributed by atoms with Crippen LogP contribution in [0.15, 0.2) is 48.7 Å². The van der Waals surface area contributed by atoms with Crippen molar-refractivity contribution >= 4 is 17.7 Å². The fourth-order valence-corrected chi connectivity index (χ4v) is 3.67. The van der Waals surface area contributed by atoms with Gasteiger partial charge in [0, 0.05) is 25.0 Å². The van der Waals surface area contributed by atoms with E-state index in [1.807, 2.05) is 30.3 Å². The average Bonchev–Trinajstić information content (AvgIpc) is 2.76. The molecule has 7 heteroatoms. The monoisotopic (exact) mass is 408 g/mol. The number of pyridine rings is 1. The van der Waals surface area contributed by atoms with E-state index in [-0.39, 0.29) is 36.7 Å². The summed E-state index contributed by atoms with van der Waals surface area (Å²) in [7, 11) is 0. The van der Waals surface area contributed by atoms with Crippen LogP contribution in [0.5, 0.6) is 0 Å². The van der Waals surface area contributed by atoms with Crippen molar-refractivity contribution in [1.29, 1.82) is 0 Å². The zero-order chi connectivity index (χ0) is 21.3. The maximum atomic E-state index is 13.1. The van der Waals surface area contributed by atoms with Gasteiger partial charge in [-0.15, -0.1) is 0 Å². The molecule has 1 aromatic heterocycles. The highest BCUT2D eigenvalue weighted by atomic mass is 16.2. The van der Waals surface area contributed by atoms with Crippen LogP contribution in [0, 0.1) is 6.92 Å². The van der Waals surface area contributed by atoms with Crippen molar-refractivity contribution in [2.75, 3.05) is 19.6 Å². The molecule has 1 saturated heterocycles. The highest BCUT2D eigenvalue weighted by Gasteiger charge is 2.28. The van der Waals surface area contributed by atoms with E-state index in [1.165, 1.54) is 0 Å². The second-order valence-electron chi connectivity index (χ2n) is 7.45. The molecule has 1 aromatic carbocycles. The summed E-state index contributed by atoms with van der Waals surface area (Å²) in [6, 6.07) is 12.6. The van der Waals surface area contributed by atoms with Crippen molar-refractivity contribution in [2.24, 2.45) is 0 Å². The molecule has 1 unspecified atom stereocenters. The number of hydrogen-bond acceptors (Lipinski definition) is 4. The number of benzene rings is 1. The van der Waals surface area contributed by atoms with Crippen LogP contribution >= 0.6 is 0 Å². The highest BCUT2D eigenvalue weighted by molar-refractivity contribution is 5.97. The molecule has 0 radical (unpaired) electrons. The van der Waals surface area contributed by atoms with Crippen LogP contribution in [-0.2, 0) is 9.59 Å². The lowest BCUT2D eigenvalue weighted by molar-refractivity contribution is -0.134. The zero-order valence-corrected chi connectivity index (χ0v) is 17.3. The van der Waals surface area contributed by atoms with Crippen molar-refractivity contribution in [2.45, 2.75) is 38.6 Å². The maximum absolute atomic E-state index is 13.1. The second kappa shape index (κ2) is 10.5. The molecule has 1 fully saturated rings. The number of nitrogens with one attached hydrogen (secondary N) is 2. The summed E-state index contributed by atoms with van der Waals surface area (Å²) in [4.78, 5) is 43.9. The molecule has 0 bridgehead atoms. The molecule has 1 aliphatic heterocycles. The first-order valence-electron chi connectivity index (χ1n) is 10.4. The Hall–Kier alpha value is -3.22. The number of carbonyl (C=O) groups excluding carboxylic acids is 3. The molecule has 2 heterocycles. The molecule has 3 rings (SSSR count). The topological polar surface area (TPSA) is 91.4 Å². The fourth-order valence-electron chi connectivity index (χ4n) is 3.67. The Bertz CT molecular complexity index is 885. The van der Waals surface area contributed by atoms with E-state index in [0.717, 1.165) is 24.8 Å². The van der Waals surface area contributed by atoms with Crippen molar-refractivity contribution < 1.29 is 14.4 Å². The Morgan fingerprint density at radius 1 is 1.13 bits per heavy atom. The predicted octanol–water partition coefficient (Wildman–Crippen LogP) is 2.38. The average molecular weight is 409 g/mol. The summed E-state index contributed by atoms with van der Waals surface area (Å²) in [6.45, 7) is 2.84. The number of carbonyl (C=O) groups is 3. The first kappa shape index (κ1) is 21.5. The Balaban J connectivity index is 1.76. The van der Waals surface area contributed by atoms with E-state index in [4.69, 9.17) is 0 Å². The van der Waals surface area contributed by atoms with E-state index in [1.54, 1.807) is 30.2 Å². The van der Waals surface area contributed by atoms with Crippen molar-refractivity contribution in [3.8, 4) is 0 Å². The van der Waals surface area contributed by atoms with Crippen LogP contribution in [0.3, 0.4) is 0 Å². The van der Waals surface area contributed by atoms with Crippen LogP contribution in [0.1, 0.15) is 53.3 Å². The number of amides is 3. The van der Waals surface area contributed by atoms with Crippen LogP contribution in [0.25, 0.3) is 0 Å². The quantitative estimate of drug-likeness (QED) is 0.813. The summed E-state index contributed by atoms with van der Waals surface area (Å²) >= 11 is 0. The Morgan fingerprint density at radius 2 is 1.93 bits per heavy atom. The fraction of sp³-hybridized carbons (Fsp3) is 0.391. The van der Waals surface area contributed by atoms with Crippen LogP contribution < -0.4 is 10.6 Å². The second-order valence-corrected chi connectivity index (χ2v) is 7.45. The Morgan fingerprint density at radius 3 is 2.70 bits per heavy atom. The van der Waals surface area contributed by atoms with Gasteiger partial charge in [0.2, 0.25) is 11.8 Å². The molecule has 1 atom stereocenters. The normalized spacial score (nSPS) is 17.7.